The summed E-state index contributed by atoms with van der Waals surface area (Å²) in [5, 5.41) is 10.8. The summed E-state index contributed by atoms with van der Waals surface area (Å²) < 4.78 is 13.6. The fourth-order valence-electron chi connectivity index (χ4n) is 3.49. The molecule has 21 heavy (non-hydrogen) atoms. The van der Waals surface area contributed by atoms with Crippen molar-refractivity contribution in [3.63, 3.8) is 0 Å². The summed E-state index contributed by atoms with van der Waals surface area (Å²) in [4.78, 5) is 4.73. The zero-order chi connectivity index (χ0) is 14.9. The van der Waals surface area contributed by atoms with Gasteiger partial charge in [0, 0.05) is 38.6 Å². The smallest absolute Gasteiger partial charge is 0.123 e. The molecule has 1 aromatic carbocycles. The number of hydrogen-bond acceptors (Lipinski definition) is 3. The van der Waals surface area contributed by atoms with E-state index in [2.05, 4.69) is 16.8 Å². The molecule has 0 aromatic heterocycles. The van der Waals surface area contributed by atoms with E-state index in [1.807, 2.05) is 6.07 Å². The van der Waals surface area contributed by atoms with E-state index in [1.165, 1.54) is 6.07 Å². The Kier molecular flexibility index (Phi) is 4.29. The molecule has 1 aromatic rings. The molecular formula is C17H25FN2O. The Morgan fingerprint density at radius 3 is 2.52 bits per heavy atom. The van der Waals surface area contributed by atoms with Crippen molar-refractivity contribution < 1.29 is 9.50 Å². The van der Waals surface area contributed by atoms with Crippen LogP contribution < -0.4 is 0 Å². The number of nitrogens with zero attached hydrogens (tertiary/aromatic N) is 2. The number of benzene rings is 1. The van der Waals surface area contributed by atoms with Gasteiger partial charge >= 0.3 is 0 Å². The Hall–Kier alpha value is -0.970. The monoisotopic (exact) mass is 292 g/mol. The molecule has 2 aliphatic rings. The Bertz CT molecular complexity index is 481. The molecule has 1 heterocycles. The van der Waals surface area contributed by atoms with Gasteiger partial charge in [-0.2, -0.15) is 0 Å². The third-order valence-electron chi connectivity index (χ3n) is 5.16. The lowest BCUT2D eigenvalue weighted by Crippen LogP contribution is -2.51. The first-order chi connectivity index (χ1) is 10.1. The molecule has 3 rings (SSSR count). The second-order valence-corrected chi connectivity index (χ2v) is 6.67. The summed E-state index contributed by atoms with van der Waals surface area (Å²) in [6.07, 6.45) is 2.74. The van der Waals surface area contributed by atoms with Gasteiger partial charge in [0.15, 0.2) is 0 Å². The molecule has 4 heteroatoms. The summed E-state index contributed by atoms with van der Waals surface area (Å²) in [7, 11) is 2.14. The average molecular weight is 292 g/mol. The fraction of sp³-hybridized carbons (Fsp3) is 0.647. The van der Waals surface area contributed by atoms with E-state index in [1.54, 1.807) is 12.1 Å². The number of aliphatic hydroxyl groups is 1. The molecule has 1 aliphatic heterocycles. The third-order valence-corrected chi connectivity index (χ3v) is 5.16. The maximum atomic E-state index is 13.6. The Balaban J connectivity index is 1.77. The van der Waals surface area contributed by atoms with Crippen molar-refractivity contribution in [2.45, 2.75) is 30.8 Å². The van der Waals surface area contributed by atoms with E-state index in [0.29, 0.717) is 0 Å². The van der Waals surface area contributed by atoms with E-state index in [4.69, 9.17) is 0 Å². The van der Waals surface area contributed by atoms with Gasteiger partial charge in [-0.15, -0.1) is 0 Å². The standard InChI is InChI=1S/C17H25FN2O/c1-19-8-10-20(11-9-19)13-16(17(21)6-3-7-17)14-4-2-5-15(18)12-14/h2,4-5,12,16,21H,3,6-11,13H2,1H3. The van der Waals surface area contributed by atoms with Crippen LogP contribution in [0.5, 0.6) is 0 Å². The highest BCUT2D eigenvalue weighted by molar-refractivity contribution is 5.25. The van der Waals surface area contributed by atoms with Gasteiger partial charge in [0.2, 0.25) is 0 Å². The maximum Gasteiger partial charge on any atom is 0.123 e. The van der Waals surface area contributed by atoms with Gasteiger partial charge < -0.3 is 14.9 Å². The molecule has 1 N–H and O–H groups in total. The van der Waals surface area contributed by atoms with Crippen LogP contribution in [0.4, 0.5) is 4.39 Å². The normalized spacial score (nSPS) is 24.5. The maximum absolute atomic E-state index is 13.6. The van der Waals surface area contributed by atoms with Gasteiger partial charge in [0.1, 0.15) is 5.82 Å². The molecule has 0 spiro atoms. The lowest BCUT2D eigenvalue weighted by molar-refractivity contribution is -0.0666. The van der Waals surface area contributed by atoms with Crippen molar-refractivity contribution in [3.05, 3.63) is 35.6 Å². The Labute approximate surface area is 126 Å². The van der Waals surface area contributed by atoms with Crippen molar-refractivity contribution in [1.82, 2.24) is 9.80 Å². The highest BCUT2D eigenvalue weighted by Gasteiger charge is 2.43. The van der Waals surface area contributed by atoms with Crippen LogP contribution in [0.1, 0.15) is 30.7 Å². The first-order valence-electron chi connectivity index (χ1n) is 7.96. The SMILES string of the molecule is CN1CCN(CC(c2cccc(F)c2)C2(O)CCC2)CC1. The van der Waals surface area contributed by atoms with E-state index < -0.39 is 5.60 Å². The van der Waals surface area contributed by atoms with Gasteiger partial charge in [-0.05, 0) is 44.0 Å². The molecule has 2 fully saturated rings. The second kappa shape index (κ2) is 6.03. The summed E-state index contributed by atoms with van der Waals surface area (Å²) in [5.41, 5.74) is 0.299. The molecule has 0 amide bonds. The molecule has 1 atom stereocenters. The van der Waals surface area contributed by atoms with Crippen LogP contribution in [-0.4, -0.2) is 60.3 Å². The van der Waals surface area contributed by atoms with Crippen LogP contribution in [-0.2, 0) is 0 Å². The van der Waals surface area contributed by atoms with E-state index in [-0.39, 0.29) is 11.7 Å². The van der Waals surface area contributed by atoms with Crippen LogP contribution in [0.25, 0.3) is 0 Å². The zero-order valence-corrected chi connectivity index (χ0v) is 12.8. The average Bonchev–Trinajstić information content (AvgIpc) is 2.44. The lowest BCUT2D eigenvalue weighted by atomic mass is 9.68. The largest absolute Gasteiger partial charge is 0.389 e. The van der Waals surface area contributed by atoms with Gasteiger partial charge in [-0.3, -0.25) is 0 Å². The topological polar surface area (TPSA) is 26.7 Å². The molecule has 1 saturated heterocycles. The van der Waals surface area contributed by atoms with Gasteiger partial charge in [0.25, 0.3) is 0 Å². The predicted molar refractivity (Wildman–Crippen MR) is 81.9 cm³/mol. The minimum absolute atomic E-state index is 0.0188. The minimum atomic E-state index is -0.642. The van der Waals surface area contributed by atoms with Crippen molar-refractivity contribution >= 4 is 0 Å². The third kappa shape index (κ3) is 3.28. The molecule has 0 bridgehead atoms. The predicted octanol–water partition coefficient (Wildman–Crippen LogP) is 2.07. The van der Waals surface area contributed by atoms with E-state index >= 15 is 0 Å². The quantitative estimate of drug-likeness (QED) is 0.920. The first-order valence-corrected chi connectivity index (χ1v) is 7.96. The number of piperazine rings is 1. The molecule has 116 valence electrons. The van der Waals surface area contributed by atoms with Crippen molar-refractivity contribution in [3.8, 4) is 0 Å². The number of likely N-dealkylation sites (N-methyl/N-ethyl adjacent to an activating group) is 1. The summed E-state index contributed by atoms with van der Waals surface area (Å²) in [6, 6.07) is 6.78. The number of rotatable bonds is 4. The van der Waals surface area contributed by atoms with E-state index in [0.717, 1.165) is 57.5 Å². The molecular weight excluding hydrogens is 267 g/mol. The zero-order valence-electron chi connectivity index (χ0n) is 12.8. The van der Waals surface area contributed by atoms with Crippen molar-refractivity contribution in [2.75, 3.05) is 39.8 Å². The van der Waals surface area contributed by atoms with Crippen LogP contribution in [0.2, 0.25) is 0 Å². The van der Waals surface area contributed by atoms with Crippen LogP contribution >= 0.6 is 0 Å². The fourth-order valence-corrected chi connectivity index (χ4v) is 3.49. The van der Waals surface area contributed by atoms with Crippen molar-refractivity contribution in [1.29, 1.82) is 0 Å². The number of halogens is 1. The molecule has 3 nitrogen and oxygen atoms in total. The summed E-state index contributed by atoms with van der Waals surface area (Å²) >= 11 is 0. The first kappa shape index (κ1) is 14.9. The summed E-state index contributed by atoms with van der Waals surface area (Å²) in [6.45, 7) is 5.01. The Morgan fingerprint density at radius 2 is 1.95 bits per heavy atom. The van der Waals surface area contributed by atoms with Crippen molar-refractivity contribution in [2.24, 2.45) is 0 Å². The highest BCUT2D eigenvalue weighted by Crippen LogP contribution is 2.44. The molecule has 1 unspecified atom stereocenters. The lowest BCUT2D eigenvalue weighted by Gasteiger charge is -2.46. The van der Waals surface area contributed by atoms with Gasteiger partial charge in [0.05, 0.1) is 5.60 Å². The summed E-state index contributed by atoms with van der Waals surface area (Å²) in [5.74, 6) is -0.191. The second-order valence-electron chi connectivity index (χ2n) is 6.67. The highest BCUT2D eigenvalue weighted by atomic mass is 19.1. The van der Waals surface area contributed by atoms with Crippen LogP contribution in [0.3, 0.4) is 0 Å². The number of hydrogen-bond donors (Lipinski definition) is 1. The van der Waals surface area contributed by atoms with Crippen LogP contribution in [0.15, 0.2) is 24.3 Å². The van der Waals surface area contributed by atoms with Gasteiger partial charge in [-0.1, -0.05) is 12.1 Å². The van der Waals surface area contributed by atoms with Gasteiger partial charge in [-0.25, -0.2) is 4.39 Å². The minimum Gasteiger partial charge on any atom is -0.389 e. The van der Waals surface area contributed by atoms with Crippen LogP contribution in [0, 0.1) is 5.82 Å². The van der Waals surface area contributed by atoms with E-state index in [9.17, 15) is 9.50 Å². The Morgan fingerprint density at radius 1 is 1.24 bits per heavy atom. The molecule has 1 aliphatic carbocycles. The molecule has 1 saturated carbocycles. The molecule has 0 radical (unpaired) electrons.